The zero-order valence-corrected chi connectivity index (χ0v) is 21.6. The fraction of sp³-hybridized carbons (Fsp3) is 0.733. The summed E-state index contributed by atoms with van der Waals surface area (Å²) in [5.74, 6) is -1.82. The Bertz CT molecular complexity index is 806. The van der Waals surface area contributed by atoms with Crippen molar-refractivity contribution in [3.8, 4) is 0 Å². The Morgan fingerprint density at radius 1 is 0.481 bits per heavy atom. The fourth-order valence-corrected chi connectivity index (χ4v) is 12.4. The van der Waals surface area contributed by atoms with Gasteiger partial charge in [-0.1, -0.05) is 92.8 Å². The Labute approximate surface area is 215 Å². The summed E-state index contributed by atoms with van der Waals surface area (Å²) in [5.41, 5.74) is 0. The summed E-state index contributed by atoms with van der Waals surface area (Å²) in [7, 11) is 0. The first kappa shape index (κ1) is 21.8. The molecular formula is C15H6Cl12. The molecule has 5 aliphatic rings. The summed E-state index contributed by atoms with van der Waals surface area (Å²) in [5, 5.41) is 0.417. The largest absolute Gasteiger partial charge is 0.166 e. The topological polar surface area (TPSA) is 0 Å². The molecule has 5 aliphatic carbocycles. The van der Waals surface area contributed by atoms with E-state index in [1.54, 1.807) is 0 Å². The molecule has 0 amide bonds. The molecule has 0 aliphatic heterocycles. The van der Waals surface area contributed by atoms with E-state index in [1.807, 2.05) is 0 Å². The normalized spacial score (nSPS) is 59.1. The van der Waals surface area contributed by atoms with E-state index < -0.39 is 40.0 Å². The minimum atomic E-state index is -1.69. The van der Waals surface area contributed by atoms with Gasteiger partial charge in [-0.05, 0) is 30.1 Å². The van der Waals surface area contributed by atoms with Gasteiger partial charge in [-0.3, -0.25) is 0 Å². The summed E-state index contributed by atoms with van der Waals surface area (Å²) < 4.78 is -3.37. The van der Waals surface area contributed by atoms with E-state index in [-0.39, 0.29) is 32.0 Å². The summed E-state index contributed by atoms with van der Waals surface area (Å²) in [6.45, 7) is 0. The SMILES string of the molecule is ClC1=C(Cl)C2(Cl)C3C(CC4C3C3(Cl)C(Cl)=C(Cl)C4(Cl)C3(Cl)Cl)C1(Cl)C2(Cl)Cl. The van der Waals surface area contributed by atoms with Gasteiger partial charge in [0.05, 0.1) is 20.1 Å². The molecule has 0 radical (unpaired) electrons. The van der Waals surface area contributed by atoms with Gasteiger partial charge in [0.25, 0.3) is 0 Å². The lowest BCUT2D eigenvalue weighted by Crippen LogP contribution is -2.51. The Morgan fingerprint density at radius 2 is 0.741 bits per heavy atom. The molecule has 0 aromatic heterocycles. The van der Waals surface area contributed by atoms with Gasteiger partial charge in [0.2, 0.25) is 0 Å². The van der Waals surface area contributed by atoms with E-state index in [9.17, 15) is 0 Å². The third kappa shape index (κ3) is 1.71. The van der Waals surface area contributed by atoms with Crippen LogP contribution in [0.15, 0.2) is 20.1 Å². The average Bonchev–Trinajstić information content (AvgIpc) is 3.16. The second-order valence-electron chi connectivity index (χ2n) is 7.75. The fourth-order valence-electron chi connectivity index (χ4n) is 6.16. The monoisotopic (exact) mass is 606 g/mol. The van der Waals surface area contributed by atoms with Crippen molar-refractivity contribution < 1.29 is 0 Å². The van der Waals surface area contributed by atoms with Crippen LogP contribution in [0.5, 0.6) is 0 Å². The highest BCUT2D eigenvalue weighted by Crippen LogP contribution is 2.88. The van der Waals surface area contributed by atoms with Crippen molar-refractivity contribution in [3.05, 3.63) is 20.1 Å². The van der Waals surface area contributed by atoms with Crippen LogP contribution >= 0.6 is 139 Å². The molecule has 8 atom stereocenters. The van der Waals surface area contributed by atoms with Crippen molar-refractivity contribution in [1.82, 2.24) is 0 Å². The standard InChI is InChI=1S/C15H6Cl12/c16-6-8(18)12(22)4-2(10(6,20)14(12,24)25)1-3-5(4)13(23)9(19)7(17)11(3,21)15(13,26)27/h2-5H,1H2. The smallest absolute Gasteiger partial charge is 0.109 e. The van der Waals surface area contributed by atoms with E-state index in [0.29, 0.717) is 6.42 Å². The van der Waals surface area contributed by atoms with Gasteiger partial charge in [0, 0.05) is 0 Å². The number of allylic oxidation sites excluding steroid dienone is 4. The van der Waals surface area contributed by atoms with Crippen LogP contribution in [-0.2, 0) is 0 Å². The Morgan fingerprint density at radius 3 is 1.04 bits per heavy atom. The van der Waals surface area contributed by atoms with Crippen LogP contribution in [-0.4, -0.2) is 28.2 Å². The molecule has 0 heterocycles. The molecule has 0 nitrogen and oxygen atoms in total. The lowest BCUT2D eigenvalue weighted by molar-refractivity contribution is 0.258. The van der Waals surface area contributed by atoms with Gasteiger partial charge >= 0.3 is 0 Å². The molecule has 3 saturated carbocycles. The molecule has 5 rings (SSSR count). The zero-order chi connectivity index (χ0) is 20.3. The molecule has 4 bridgehead atoms. The molecule has 0 N–H and O–H groups in total. The average molecular weight is 612 g/mol. The van der Waals surface area contributed by atoms with Gasteiger partial charge in [-0.2, -0.15) is 0 Å². The van der Waals surface area contributed by atoms with Crippen LogP contribution in [0.2, 0.25) is 0 Å². The highest BCUT2D eigenvalue weighted by atomic mass is 35.5. The maximum absolute atomic E-state index is 7.01. The predicted molar refractivity (Wildman–Crippen MR) is 119 cm³/mol. The number of hydrogen-bond donors (Lipinski definition) is 0. The van der Waals surface area contributed by atoms with Crippen LogP contribution in [0.1, 0.15) is 6.42 Å². The van der Waals surface area contributed by atoms with Gasteiger partial charge in [-0.15, -0.1) is 46.4 Å². The summed E-state index contributed by atoms with van der Waals surface area (Å²) in [4.78, 5) is -5.83. The van der Waals surface area contributed by atoms with E-state index >= 15 is 0 Å². The van der Waals surface area contributed by atoms with E-state index in [2.05, 4.69) is 0 Å². The molecule has 8 unspecified atom stereocenters. The second-order valence-corrected chi connectivity index (χ2v) is 14.3. The third-order valence-corrected chi connectivity index (χ3v) is 15.8. The zero-order valence-electron chi connectivity index (χ0n) is 12.6. The second kappa shape index (κ2) is 5.53. The highest BCUT2D eigenvalue weighted by Gasteiger charge is 2.92. The number of halogens is 12. The number of alkyl halides is 8. The molecule has 12 heteroatoms. The van der Waals surface area contributed by atoms with E-state index in [0.717, 1.165) is 0 Å². The van der Waals surface area contributed by atoms with Crippen LogP contribution in [0.3, 0.4) is 0 Å². The van der Waals surface area contributed by atoms with Gasteiger partial charge in [-0.25, -0.2) is 0 Å². The summed E-state index contributed by atoms with van der Waals surface area (Å²) >= 11 is 80.6. The third-order valence-electron chi connectivity index (χ3n) is 7.19. The van der Waals surface area contributed by atoms with Crippen LogP contribution in [0.25, 0.3) is 0 Å². The van der Waals surface area contributed by atoms with Crippen LogP contribution in [0, 0.1) is 23.7 Å². The Hall–Kier alpha value is 2.96. The van der Waals surface area contributed by atoms with Crippen molar-refractivity contribution in [1.29, 1.82) is 0 Å². The lowest BCUT2D eigenvalue weighted by Gasteiger charge is -2.43. The van der Waals surface area contributed by atoms with Gasteiger partial charge in [0.1, 0.15) is 19.5 Å². The maximum Gasteiger partial charge on any atom is 0.166 e. The van der Waals surface area contributed by atoms with Gasteiger partial charge in [0.15, 0.2) is 8.67 Å². The Balaban J connectivity index is 1.80. The minimum Gasteiger partial charge on any atom is -0.109 e. The molecular weight excluding hydrogens is 606 g/mol. The maximum atomic E-state index is 7.01. The summed E-state index contributed by atoms with van der Waals surface area (Å²) in [6, 6.07) is 0. The molecule has 0 aromatic carbocycles. The molecule has 0 saturated heterocycles. The van der Waals surface area contributed by atoms with Crippen molar-refractivity contribution in [3.63, 3.8) is 0 Å². The van der Waals surface area contributed by atoms with Crippen LogP contribution < -0.4 is 0 Å². The van der Waals surface area contributed by atoms with Crippen LogP contribution in [0.4, 0.5) is 0 Å². The quantitative estimate of drug-likeness (QED) is 0.241. The first-order chi connectivity index (χ1) is 12.1. The highest BCUT2D eigenvalue weighted by molar-refractivity contribution is 6.67. The van der Waals surface area contributed by atoms with Crippen molar-refractivity contribution in [2.45, 2.75) is 34.6 Å². The number of hydrogen-bond acceptors (Lipinski definition) is 0. The first-order valence-corrected chi connectivity index (χ1v) is 12.3. The lowest BCUT2D eigenvalue weighted by atomic mass is 9.74. The number of fused-ring (bicyclic) bond motifs is 11. The molecule has 3 fully saturated rings. The molecule has 27 heavy (non-hydrogen) atoms. The minimum absolute atomic E-state index is 0.0836. The Kier molecular flexibility index (Phi) is 4.47. The first-order valence-electron chi connectivity index (χ1n) is 7.74. The molecule has 0 aromatic rings. The van der Waals surface area contributed by atoms with Crippen molar-refractivity contribution >= 4 is 139 Å². The molecule has 0 spiro atoms. The van der Waals surface area contributed by atoms with Gasteiger partial charge < -0.3 is 0 Å². The van der Waals surface area contributed by atoms with E-state index in [1.165, 1.54) is 0 Å². The summed E-state index contributed by atoms with van der Waals surface area (Å²) in [6.07, 6.45) is 0.397. The number of rotatable bonds is 0. The van der Waals surface area contributed by atoms with E-state index in [4.69, 9.17) is 139 Å². The molecule has 150 valence electrons. The van der Waals surface area contributed by atoms with Crippen molar-refractivity contribution in [2.75, 3.05) is 0 Å². The predicted octanol–water partition coefficient (Wildman–Crippen LogP) is 8.55. The van der Waals surface area contributed by atoms with Crippen molar-refractivity contribution in [2.24, 2.45) is 23.7 Å².